The minimum Gasteiger partial charge on any atom is -0.546 e. The smallest absolute Gasteiger partial charge is 0.241 e. The number of rotatable bonds is 5. The molecule has 0 aliphatic heterocycles. The second-order valence-electron chi connectivity index (χ2n) is 6.85. The first-order valence-corrected chi connectivity index (χ1v) is 16.1. The van der Waals surface area contributed by atoms with Gasteiger partial charge in [0.15, 0.2) is 0 Å². The summed E-state index contributed by atoms with van der Waals surface area (Å²) < 4.78 is 18.9. The molecule has 1 aromatic rings. The summed E-state index contributed by atoms with van der Waals surface area (Å²) in [5.74, 6) is 0.265. The number of hydrogen-bond donors (Lipinski definition) is 1. The predicted octanol–water partition coefficient (Wildman–Crippen LogP) is 3.83. The molecule has 0 bridgehead atoms. The van der Waals surface area contributed by atoms with Crippen molar-refractivity contribution >= 4 is 23.8 Å². The standard InChI is InChI=1S/C13H25FO2Si3/c1-18(2,3)16-13-12(15)8-7-11(9-10-14)17(13)19(4,5)6/h7-8,15H,9-10H2,1-6H3. The van der Waals surface area contributed by atoms with Crippen LogP contribution in [0.25, 0.3) is 0 Å². The van der Waals surface area contributed by atoms with E-state index in [4.69, 9.17) is 4.43 Å². The third-order valence-electron chi connectivity index (χ3n) is 2.75. The van der Waals surface area contributed by atoms with E-state index in [-0.39, 0.29) is 12.4 Å². The lowest BCUT2D eigenvalue weighted by Crippen LogP contribution is -2.40. The Balaban J connectivity index is 3.45. The van der Waals surface area contributed by atoms with Gasteiger partial charge in [0, 0.05) is 0 Å². The molecule has 1 N–H and O–H groups in total. The molecule has 1 heterocycles. The lowest BCUT2D eigenvalue weighted by Gasteiger charge is -2.28. The Bertz CT molecular complexity index is 450. The van der Waals surface area contributed by atoms with Crippen LogP contribution in [0.3, 0.4) is 0 Å². The van der Waals surface area contributed by atoms with E-state index in [1.54, 1.807) is 6.07 Å². The molecule has 0 aliphatic rings. The zero-order valence-corrected chi connectivity index (χ0v) is 15.8. The summed E-state index contributed by atoms with van der Waals surface area (Å²) in [5.41, 5.74) is 0. The van der Waals surface area contributed by atoms with Gasteiger partial charge in [0.2, 0.25) is 8.32 Å². The molecule has 2 nitrogen and oxygen atoms in total. The van der Waals surface area contributed by atoms with Gasteiger partial charge >= 0.3 is 0 Å². The minimum atomic E-state index is -1.77. The summed E-state index contributed by atoms with van der Waals surface area (Å²) in [6.45, 7) is 12.8. The Kier molecular flexibility index (Phi) is 5.14. The third kappa shape index (κ3) is 4.54. The molecule has 1 aromatic heterocycles. The molecule has 0 saturated heterocycles. The molecule has 108 valence electrons. The fourth-order valence-corrected chi connectivity index (χ4v) is 13.5. The van der Waals surface area contributed by atoms with E-state index in [1.165, 1.54) is 0 Å². The van der Waals surface area contributed by atoms with Gasteiger partial charge in [-0.1, -0.05) is 30.9 Å². The largest absolute Gasteiger partial charge is 0.546 e. The Morgan fingerprint density at radius 2 is 1.74 bits per heavy atom. The number of aryl methyl sites for hydroxylation is 1. The van der Waals surface area contributed by atoms with Crippen LogP contribution < -0.4 is 4.43 Å². The molecule has 0 aromatic carbocycles. The van der Waals surface area contributed by atoms with Crippen molar-refractivity contribution in [2.24, 2.45) is 0 Å². The first-order chi connectivity index (χ1) is 8.56. The lowest BCUT2D eigenvalue weighted by molar-refractivity contribution is 0.441. The molecule has 0 radical (unpaired) electrons. The van der Waals surface area contributed by atoms with Gasteiger partial charge in [-0.15, -0.1) is 0 Å². The van der Waals surface area contributed by atoms with Gasteiger partial charge in [0.05, 0.1) is 22.2 Å². The first-order valence-electron chi connectivity index (χ1n) is 6.66. The predicted molar refractivity (Wildman–Crippen MR) is 86.5 cm³/mol. The van der Waals surface area contributed by atoms with E-state index >= 15 is 0 Å². The Morgan fingerprint density at radius 3 is 2.16 bits per heavy atom. The van der Waals surface area contributed by atoms with E-state index in [0.29, 0.717) is 6.42 Å². The summed E-state index contributed by atoms with van der Waals surface area (Å²) in [5, 5.41) is 12.1. The molecule has 0 spiro atoms. The third-order valence-corrected chi connectivity index (χ3v) is 13.3. The van der Waals surface area contributed by atoms with Crippen LogP contribution in [0.2, 0.25) is 39.3 Å². The quantitative estimate of drug-likeness (QED) is 0.837. The maximum absolute atomic E-state index is 12.8. The molecule has 19 heavy (non-hydrogen) atoms. The zero-order chi connectivity index (χ0) is 14.8. The van der Waals surface area contributed by atoms with Crippen molar-refractivity contribution in [1.29, 1.82) is 0 Å². The van der Waals surface area contributed by atoms with Crippen molar-refractivity contribution in [1.82, 2.24) is 0 Å². The van der Waals surface area contributed by atoms with Crippen LogP contribution in [0.15, 0.2) is 12.1 Å². The van der Waals surface area contributed by atoms with Gasteiger partial charge < -0.3 is 9.53 Å². The molecule has 0 aliphatic carbocycles. The highest BCUT2D eigenvalue weighted by Gasteiger charge is 2.30. The molecule has 0 fully saturated rings. The van der Waals surface area contributed by atoms with Crippen LogP contribution in [0.1, 0.15) is 5.17 Å². The van der Waals surface area contributed by atoms with Gasteiger partial charge in [-0.2, -0.15) is 0 Å². The summed E-state index contributed by atoms with van der Waals surface area (Å²) in [4.78, 5) is 0. The van der Waals surface area contributed by atoms with Crippen LogP contribution in [0.4, 0.5) is 4.39 Å². The molecular formula is C13H25FO2Si3. The molecule has 0 saturated carbocycles. The van der Waals surface area contributed by atoms with Crippen molar-refractivity contribution in [2.45, 2.75) is 45.7 Å². The highest BCUT2D eigenvalue weighted by molar-refractivity contribution is 7.30. The molecule has 0 atom stereocenters. The average Bonchev–Trinajstić information content (AvgIpc) is 2.19. The molecule has 0 unspecified atom stereocenters. The van der Waals surface area contributed by atoms with Crippen LogP contribution in [0.5, 0.6) is 11.1 Å². The first kappa shape index (κ1) is 16.6. The monoisotopic (exact) mass is 316 g/mol. The lowest BCUT2D eigenvalue weighted by atomic mass is 10.3. The van der Waals surface area contributed by atoms with E-state index in [1.807, 2.05) is 6.07 Å². The van der Waals surface area contributed by atoms with Crippen molar-refractivity contribution in [2.75, 3.05) is 6.67 Å². The second-order valence-corrected chi connectivity index (χ2v) is 23.6. The number of hydrogen-bond acceptors (Lipinski definition) is 2. The number of aromatic hydroxyl groups is 1. The van der Waals surface area contributed by atoms with E-state index in [2.05, 4.69) is 39.3 Å². The molecular weight excluding hydrogens is 291 g/mol. The Hall–Kier alpha value is -0.469. The van der Waals surface area contributed by atoms with E-state index < -0.39 is 23.8 Å². The van der Waals surface area contributed by atoms with Crippen LogP contribution >= 0.6 is 0 Å². The molecule has 0 amide bonds. The maximum Gasteiger partial charge on any atom is 0.241 e. The van der Waals surface area contributed by atoms with Crippen molar-refractivity contribution in [3.63, 3.8) is 0 Å². The number of halogens is 1. The van der Waals surface area contributed by atoms with Crippen molar-refractivity contribution < 1.29 is 13.9 Å². The maximum atomic E-state index is 12.8. The molecule has 6 heteroatoms. The summed E-state index contributed by atoms with van der Waals surface area (Å²) >= 11 is 0. The van der Waals surface area contributed by atoms with Crippen LogP contribution in [0, 0.1) is 0 Å². The summed E-state index contributed by atoms with van der Waals surface area (Å²) in [6, 6.07) is 3.59. The summed E-state index contributed by atoms with van der Waals surface area (Å²) in [6.07, 6.45) is 0.473. The SMILES string of the molecule is C[Si](C)(C)Oc1c(O)ccc(CCF)[si]1[Si](C)(C)C. The number of alkyl halides is 1. The van der Waals surface area contributed by atoms with Gasteiger partial charge in [-0.25, -0.2) is 0 Å². The fraction of sp³-hybridized carbons (Fsp3) is 0.615. The van der Waals surface area contributed by atoms with Crippen LogP contribution in [-0.2, 0) is 6.42 Å². The van der Waals surface area contributed by atoms with E-state index in [0.717, 1.165) is 10.5 Å². The van der Waals surface area contributed by atoms with Crippen molar-refractivity contribution in [3.05, 3.63) is 17.3 Å². The highest BCUT2D eigenvalue weighted by Crippen LogP contribution is 2.32. The Labute approximate surface area is 119 Å². The minimum absolute atomic E-state index is 0.265. The fourth-order valence-electron chi connectivity index (χ4n) is 2.15. The van der Waals surface area contributed by atoms with E-state index in [9.17, 15) is 9.50 Å². The average molecular weight is 317 g/mol. The summed E-state index contributed by atoms with van der Waals surface area (Å²) in [7, 11) is -4.42. The van der Waals surface area contributed by atoms with Gasteiger partial charge in [0.25, 0.3) is 0 Å². The topological polar surface area (TPSA) is 29.5 Å². The molecule has 1 rings (SSSR count). The normalized spacial score (nSPS) is 12.6. The zero-order valence-electron chi connectivity index (χ0n) is 12.8. The highest BCUT2D eigenvalue weighted by atomic mass is 29.2. The van der Waals surface area contributed by atoms with Gasteiger partial charge in [0.1, 0.15) is 11.1 Å². The van der Waals surface area contributed by atoms with Gasteiger partial charge in [-0.3, -0.25) is 4.39 Å². The second kappa shape index (κ2) is 5.89. The van der Waals surface area contributed by atoms with Gasteiger partial charge in [-0.05, 0) is 32.1 Å². The van der Waals surface area contributed by atoms with Crippen LogP contribution in [-0.4, -0.2) is 35.6 Å². The van der Waals surface area contributed by atoms with Crippen molar-refractivity contribution in [3.8, 4) is 11.1 Å². The Morgan fingerprint density at radius 1 is 1.16 bits per heavy atom.